The molecule has 0 saturated carbocycles. The van der Waals surface area contributed by atoms with E-state index in [-0.39, 0.29) is 11.1 Å². The molecule has 0 unspecified atom stereocenters. The minimum atomic E-state index is -1.77. The van der Waals surface area contributed by atoms with Crippen molar-refractivity contribution in [2.45, 2.75) is 30.7 Å². The molecule has 6 N–H and O–H groups in total. The molecule has 2 heterocycles. The fraction of sp³-hybridized carbons (Fsp3) is 0.438. The first-order chi connectivity index (χ1) is 12.8. The average Bonchev–Trinajstić information content (AvgIpc) is 2.66. The number of methoxy groups -OCH3 is 1. The Morgan fingerprint density at radius 1 is 1.04 bits per heavy atom. The van der Waals surface area contributed by atoms with E-state index < -0.39 is 65.8 Å². The number of aromatic hydroxyl groups is 2. The Kier molecular flexibility index (Phi) is 5.13. The molecular formula is C16H18O11. The highest BCUT2D eigenvalue weighted by atomic mass is 16.7. The molecule has 5 atom stereocenters. The van der Waals surface area contributed by atoms with E-state index in [1.165, 1.54) is 13.2 Å². The van der Waals surface area contributed by atoms with Gasteiger partial charge in [0.25, 0.3) is 0 Å². The molecular weight excluding hydrogens is 368 g/mol. The summed E-state index contributed by atoms with van der Waals surface area (Å²) in [6.07, 6.45) is -8.02. The van der Waals surface area contributed by atoms with Gasteiger partial charge in [-0.3, -0.25) is 0 Å². The van der Waals surface area contributed by atoms with E-state index in [4.69, 9.17) is 18.6 Å². The molecule has 0 aliphatic carbocycles. The number of benzene rings is 1. The standard InChI is InChI=1S/C16H18O11/c1-24-14-8(19)5-2-3-7(18)26-13(5)12(23)15(14)27-16-11(22)10(21)9(20)6(4-17)25-16/h2-3,6,9-11,16-17,19-23H,4H2,1H3/t6-,9-,10+,11-,16+/m1/s1. The molecule has 0 bridgehead atoms. The maximum absolute atomic E-state index is 11.4. The first-order valence-electron chi connectivity index (χ1n) is 7.83. The summed E-state index contributed by atoms with van der Waals surface area (Å²) in [5, 5.41) is 59.6. The summed E-state index contributed by atoms with van der Waals surface area (Å²) in [5.74, 6) is -2.14. The highest BCUT2D eigenvalue weighted by molar-refractivity contribution is 5.94. The lowest BCUT2D eigenvalue weighted by Gasteiger charge is -2.39. The Bertz CT molecular complexity index is 890. The van der Waals surface area contributed by atoms with Crippen molar-refractivity contribution in [3.05, 3.63) is 22.6 Å². The third kappa shape index (κ3) is 3.15. The Morgan fingerprint density at radius 3 is 2.37 bits per heavy atom. The zero-order valence-electron chi connectivity index (χ0n) is 14.0. The third-order valence-electron chi connectivity index (χ3n) is 4.23. The van der Waals surface area contributed by atoms with Crippen molar-refractivity contribution in [3.8, 4) is 23.0 Å². The van der Waals surface area contributed by atoms with Crippen LogP contribution in [-0.2, 0) is 4.74 Å². The van der Waals surface area contributed by atoms with Crippen molar-refractivity contribution in [2.75, 3.05) is 13.7 Å². The monoisotopic (exact) mass is 386 g/mol. The van der Waals surface area contributed by atoms with Crippen molar-refractivity contribution >= 4 is 11.0 Å². The van der Waals surface area contributed by atoms with E-state index in [1.807, 2.05) is 0 Å². The number of aliphatic hydroxyl groups excluding tert-OH is 4. The molecule has 1 fully saturated rings. The van der Waals surface area contributed by atoms with Gasteiger partial charge in [-0.1, -0.05) is 0 Å². The van der Waals surface area contributed by atoms with Gasteiger partial charge in [-0.2, -0.15) is 0 Å². The van der Waals surface area contributed by atoms with E-state index in [1.54, 1.807) is 0 Å². The van der Waals surface area contributed by atoms with E-state index in [9.17, 15) is 35.4 Å². The molecule has 1 aromatic carbocycles. The molecule has 148 valence electrons. The van der Waals surface area contributed by atoms with Gasteiger partial charge >= 0.3 is 5.63 Å². The van der Waals surface area contributed by atoms with Crippen LogP contribution in [0, 0.1) is 0 Å². The van der Waals surface area contributed by atoms with Crippen LogP contribution in [0.1, 0.15) is 0 Å². The summed E-state index contributed by atoms with van der Waals surface area (Å²) in [4.78, 5) is 11.4. The largest absolute Gasteiger partial charge is 0.504 e. The van der Waals surface area contributed by atoms with Gasteiger partial charge in [0.15, 0.2) is 11.3 Å². The van der Waals surface area contributed by atoms with Crippen LogP contribution in [0.3, 0.4) is 0 Å². The van der Waals surface area contributed by atoms with Gasteiger partial charge in [-0.15, -0.1) is 0 Å². The summed E-state index contributed by atoms with van der Waals surface area (Å²) in [6, 6.07) is 2.23. The van der Waals surface area contributed by atoms with Crippen LogP contribution in [0.15, 0.2) is 21.3 Å². The Balaban J connectivity index is 2.08. The average molecular weight is 386 g/mol. The lowest BCUT2D eigenvalue weighted by atomic mass is 9.99. The molecule has 0 amide bonds. The maximum Gasteiger partial charge on any atom is 0.336 e. The van der Waals surface area contributed by atoms with E-state index in [0.717, 1.165) is 6.07 Å². The number of ether oxygens (including phenoxy) is 3. The first-order valence-corrected chi connectivity index (χ1v) is 7.83. The number of phenols is 2. The van der Waals surface area contributed by atoms with Crippen LogP contribution in [0.4, 0.5) is 0 Å². The predicted molar refractivity (Wildman–Crippen MR) is 86.8 cm³/mol. The molecule has 1 aliphatic rings. The minimum Gasteiger partial charge on any atom is -0.504 e. The zero-order chi connectivity index (χ0) is 19.9. The van der Waals surface area contributed by atoms with E-state index in [2.05, 4.69) is 0 Å². The van der Waals surface area contributed by atoms with Crippen molar-refractivity contribution in [3.63, 3.8) is 0 Å². The summed E-state index contributed by atoms with van der Waals surface area (Å²) in [5.41, 5.74) is -1.21. The lowest BCUT2D eigenvalue weighted by Crippen LogP contribution is -2.60. The second-order valence-corrected chi connectivity index (χ2v) is 5.87. The van der Waals surface area contributed by atoms with E-state index >= 15 is 0 Å². The topological polar surface area (TPSA) is 179 Å². The normalized spacial score (nSPS) is 28.3. The van der Waals surface area contributed by atoms with Gasteiger partial charge in [0.05, 0.1) is 19.1 Å². The van der Waals surface area contributed by atoms with Gasteiger partial charge in [0, 0.05) is 6.07 Å². The number of aliphatic hydroxyl groups is 4. The Labute approximate surface area is 151 Å². The van der Waals surface area contributed by atoms with Gasteiger partial charge in [0.1, 0.15) is 24.4 Å². The number of fused-ring (bicyclic) bond motifs is 1. The number of rotatable bonds is 4. The zero-order valence-corrected chi connectivity index (χ0v) is 14.0. The summed E-state index contributed by atoms with van der Waals surface area (Å²) >= 11 is 0. The molecule has 1 aliphatic heterocycles. The summed E-state index contributed by atoms with van der Waals surface area (Å²) < 4.78 is 20.4. The van der Waals surface area contributed by atoms with Crippen molar-refractivity contribution in [1.29, 1.82) is 0 Å². The SMILES string of the molecule is COc1c(O[C@@H]2O[C@H](CO)[C@@H](O)[C@H](O)[C@H]2O)c(O)c2oc(=O)ccc2c1O. The predicted octanol–water partition coefficient (Wildman–Crippen LogP) is -1.61. The quantitative estimate of drug-likeness (QED) is 0.263. The van der Waals surface area contributed by atoms with Crippen molar-refractivity contribution in [1.82, 2.24) is 0 Å². The van der Waals surface area contributed by atoms with Crippen LogP contribution in [0.2, 0.25) is 0 Å². The second-order valence-electron chi connectivity index (χ2n) is 5.87. The lowest BCUT2D eigenvalue weighted by molar-refractivity contribution is -0.277. The van der Waals surface area contributed by atoms with Crippen LogP contribution in [0.5, 0.6) is 23.0 Å². The molecule has 0 spiro atoms. The smallest absolute Gasteiger partial charge is 0.336 e. The van der Waals surface area contributed by atoms with Gasteiger partial charge in [0.2, 0.25) is 23.5 Å². The highest BCUT2D eigenvalue weighted by Crippen LogP contribution is 2.50. The van der Waals surface area contributed by atoms with E-state index in [0.29, 0.717) is 0 Å². The molecule has 1 saturated heterocycles. The number of hydrogen-bond donors (Lipinski definition) is 6. The molecule has 3 rings (SSSR count). The molecule has 0 radical (unpaired) electrons. The first kappa shape index (κ1) is 19.2. The van der Waals surface area contributed by atoms with Crippen LogP contribution in [-0.4, -0.2) is 75.1 Å². The summed E-state index contributed by atoms with van der Waals surface area (Å²) in [7, 11) is 1.17. The molecule has 27 heavy (non-hydrogen) atoms. The highest BCUT2D eigenvalue weighted by Gasteiger charge is 2.45. The fourth-order valence-electron chi connectivity index (χ4n) is 2.80. The van der Waals surface area contributed by atoms with Crippen LogP contribution < -0.4 is 15.1 Å². The number of hydrogen-bond acceptors (Lipinski definition) is 11. The van der Waals surface area contributed by atoms with Gasteiger partial charge < -0.3 is 49.3 Å². The van der Waals surface area contributed by atoms with Crippen molar-refractivity contribution in [2.24, 2.45) is 0 Å². The minimum absolute atomic E-state index is 0.0369. The second kappa shape index (κ2) is 7.21. The third-order valence-corrected chi connectivity index (χ3v) is 4.23. The van der Waals surface area contributed by atoms with Crippen LogP contribution in [0.25, 0.3) is 11.0 Å². The molecule has 11 heteroatoms. The summed E-state index contributed by atoms with van der Waals surface area (Å²) in [6.45, 7) is -0.689. The molecule has 11 nitrogen and oxygen atoms in total. The maximum atomic E-state index is 11.4. The van der Waals surface area contributed by atoms with Gasteiger partial charge in [-0.05, 0) is 6.07 Å². The van der Waals surface area contributed by atoms with Gasteiger partial charge in [-0.25, -0.2) is 4.79 Å². The Hall–Kier alpha value is -2.57. The molecule has 1 aromatic heterocycles. The van der Waals surface area contributed by atoms with Crippen LogP contribution >= 0.6 is 0 Å². The molecule has 2 aromatic rings. The van der Waals surface area contributed by atoms with Crippen molar-refractivity contribution < 1.29 is 49.3 Å². The Morgan fingerprint density at radius 2 is 1.74 bits per heavy atom. The fourth-order valence-corrected chi connectivity index (χ4v) is 2.80. The number of phenolic OH excluding ortho intramolecular Hbond substituents is 2.